The summed E-state index contributed by atoms with van der Waals surface area (Å²) in [6.45, 7) is 5.43. The van der Waals surface area contributed by atoms with Crippen LogP contribution in [0.5, 0.6) is 0 Å². The second-order valence-electron chi connectivity index (χ2n) is 2.19. The Hall–Kier alpha value is -1.45. The van der Waals surface area contributed by atoms with Gasteiger partial charge in [0, 0.05) is 12.1 Å². The van der Waals surface area contributed by atoms with E-state index in [0.717, 1.165) is 0 Å². The van der Waals surface area contributed by atoms with Crippen LogP contribution < -0.4 is 16.8 Å². The number of rotatable bonds is 3. The van der Waals surface area contributed by atoms with Gasteiger partial charge in [-0.25, -0.2) is 0 Å². The lowest BCUT2D eigenvalue weighted by Crippen LogP contribution is -2.25. The molecule has 0 aromatic carbocycles. The van der Waals surface area contributed by atoms with Gasteiger partial charge in [-0.15, -0.1) is 0 Å². The predicted octanol–water partition coefficient (Wildman–Crippen LogP) is -0.562. The highest BCUT2D eigenvalue weighted by Gasteiger charge is 1.97. The number of nitrogens with one attached hydrogen (secondary N) is 1. The van der Waals surface area contributed by atoms with Gasteiger partial charge >= 0.3 is 0 Å². The van der Waals surface area contributed by atoms with Crippen LogP contribution in [0.2, 0.25) is 0 Å². The molecular formula is C7H13N3O. The van der Waals surface area contributed by atoms with E-state index in [1.165, 1.54) is 6.08 Å². The van der Waals surface area contributed by atoms with Crippen molar-refractivity contribution in [2.75, 3.05) is 6.54 Å². The predicted molar refractivity (Wildman–Crippen MR) is 44.3 cm³/mol. The maximum atomic E-state index is 10.8. The Labute approximate surface area is 65.9 Å². The number of amides is 1. The maximum Gasteiger partial charge on any atom is 0.246 e. The number of nitrogens with two attached hydrogens (primary N) is 2. The van der Waals surface area contributed by atoms with Crippen LogP contribution in [0.1, 0.15) is 6.92 Å². The van der Waals surface area contributed by atoms with Crippen LogP contribution in [0.3, 0.4) is 0 Å². The van der Waals surface area contributed by atoms with Gasteiger partial charge in [0.2, 0.25) is 5.91 Å². The summed E-state index contributed by atoms with van der Waals surface area (Å²) >= 11 is 0. The lowest BCUT2D eigenvalue weighted by Gasteiger charge is -1.99. The normalized spacial score (nSPS) is 8.45. The standard InChI is InChI=1S/C7H13N3O/c1-5(2)7(11)10-4-3-6(8)9/h3H,1,4,8-9H2,2H3,(H,10,11). The first-order valence-corrected chi connectivity index (χ1v) is 3.19. The highest BCUT2D eigenvalue weighted by atomic mass is 16.1. The third-order valence-electron chi connectivity index (χ3n) is 0.988. The molecule has 0 atom stereocenters. The van der Waals surface area contributed by atoms with E-state index in [1.807, 2.05) is 0 Å². The Balaban J connectivity index is 3.64. The fraction of sp³-hybridized carbons (Fsp3) is 0.286. The molecule has 0 spiro atoms. The van der Waals surface area contributed by atoms with E-state index in [1.54, 1.807) is 6.92 Å². The Bertz CT molecular complexity index is 192. The van der Waals surface area contributed by atoms with Crippen molar-refractivity contribution in [3.05, 3.63) is 24.0 Å². The molecule has 62 valence electrons. The molecule has 0 aliphatic carbocycles. The molecule has 0 aromatic heterocycles. The Morgan fingerprint density at radius 3 is 2.55 bits per heavy atom. The highest BCUT2D eigenvalue weighted by Crippen LogP contribution is 1.84. The van der Waals surface area contributed by atoms with Crippen molar-refractivity contribution in [3.8, 4) is 0 Å². The molecule has 4 heteroatoms. The molecule has 0 heterocycles. The van der Waals surface area contributed by atoms with Crippen molar-refractivity contribution in [3.63, 3.8) is 0 Å². The average molecular weight is 155 g/mol. The Morgan fingerprint density at radius 2 is 2.18 bits per heavy atom. The quantitative estimate of drug-likeness (QED) is 0.478. The van der Waals surface area contributed by atoms with Crippen LogP contribution >= 0.6 is 0 Å². The van der Waals surface area contributed by atoms with Gasteiger partial charge in [0.25, 0.3) is 0 Å². The van der Waals surface area contributed by atoms with Crippen molar-refractivity contribution in [2.24, 2.45) is 11.5 Å². The molecule has 0 aliphatic heterocycles. The van der Waals surface area contributed by atoms with Gasteiger partial charge in [-0.2, -0.15) is 0 Å². The van der Waals surface area contributed by atoms with Crippen molar-refractivity contribution in [1.82, 2.24) is 5.32 Å². The van der Waals surface area contributed by atoms with E-state index in [4.69, 9.17) is 11.5 Å². The van der Waals surface area contributed by atoms with E-state index >= 15 is 0 Å². The zero-order valence-corrected chi connectivity index (χ0v) is 6.55. The minimum Gasteiger partial charge on any atom is -0.386 e. The fourth-order valence-electron chi connectivity index (χ4n) is 0.412. The summed E-state index contributed by atoms with van der Waals surface area (Å²) < 4.78 is 0. The monoisotopic (exact) mass is 155 g/mol. The van der Waals surface area contributed by atoms with Gasteiger partial charge in [0.15, 0.2) is 0 Å². The van der Waals surface area contributed by atoms with E-state index in [2.05, 4.69) is 11.9 Å². The fourth-order valence-corrected chi connectivity index (χ4v) is 0.412. The minimum atomic E-state index is -0.192. The van der Waals surface area contributed by atoms with E-state index in [-0.39, 0.29) is 11.7 Å². The van der Waals surface area contributed by atoms with Gasteiger partial charge in [-0.1, -0.05) is 6.58 Å². The molecule has 0 saturated carbocycles. The van der Waals surface area contributed by atoms with Crippen LogP contribution in [0.4, 0.5) is 0 Å². The third-order valence-corrected chi connectivity index (χ3v) is 0.988. The molecule has 0 bridgehead atoms. The summed E-state index contributed by atoms with van der Waals surface area (Å²) in [7, 11) is 0. The van der Waals surface area contributed by atoms with Crippen molar-refractivity contribution in [2.45, 2.75) is 6.92 Å². The van der Waals surface area contributed by atoms with Crippen LogP contribution in [-0.2, 0) is 4.79 Å². The summed E-state index contributed by atoms with van der Waals surface area (Å²) in [5.41, 5.74) is 10.7. The largest absolute Gasteiger partial charge is 0.386 e. The second kappa shape index (κ2) is 4.38. The van der Waals surface area contributed by atoms with Crippen LogP contribution in [0, 0.1) is 0 Å². The summed E-state index contributed by atoms with van der Waals surface area (Å²) in [5, 5.41) is 2.54. The van der Waals surface area contributed by atoms with E-state index in [0.29, 0.717) is 12.1 Å². The molecule has 4 nitrogen and oxygen atoms in total. The SMILES string of the molecule is C=C(C)C(=O)NCC=C(N)N. The van der Waals surface area contributed by atoms with Gasteiger partial charge in [0.1, 0.15) is 0 Å². The lowest BCUT2D eigenvalue weighted by atomic mass is 10.3. The van der Waals surface area contributed by atoms with Gasteiger partial charge in [-0.05, 0) is 13.0 Å². The average Bonchev–Trinajstić information content (AvgIpc) is 1.86. The van der Waals surface area contributed by atoms with Gasteiger partial charge in [0.05, 0.1) is 5.82 Å². The number of carbonyl (C=O) groups is 1. The number of carbonyl (C=O) groups excluding carboxylic acids is 1. The summed E-state index contributed by atoms with van der Waals surface area (Å²) in [6.07, 6.45) is 1.51. The molecule has 0 saturated heterocycles. The first-order valence-electron chi connectivity index (χ1n) is 3.19. The molecule has 1 amide bonds. The van der Waals surface area contributed by atoms with E-state index < -0.39 is 0 Å². The molecular weight excluding hydrogens is 142 g/mol. The number of hydrogen-bond acceptors (Lipinski definition) is 3. The Kier molecular flexibility index (Phi) is 3.80. The number of hydrogen-bond donors (Lipinski definition) is 3. The van der Waals surface area contributed by atoms with Crippen molar-refractivity contribution < 1.29 is 4.79 Å². The van der Waals surface area contributed by atoms with Crippen LogP contribution in [-0.4, -0.2) is 12.5 Å². The molecule has 0 radical (unpaired) electrons. The van der Waals surface area contributed by atoms with E-state index in [9.17, 15) is 4.79 Å². The van der Waals surface area contributed by atoms with Crippen LogP contribution in [0.25, 0.3) is 0 Å². The third kappa shape index (κ3) is 5.02. The van der Waals surface area contributed by atoms with Crippen molar-refractivity contribution >= 4 is 5.91 Å². The molecule has 11 heavy (non-hydrogen) atoms. The lowest BCUT2D eigenvalue weighted by molar-refractivity contribution is -0.117. The first-order chi connectivity index (χ1) is 5.04. The van der Waals surface area contributed by atoms with Gasteiger partial charge in [-0.3, -0.25) is 4.79 Å². The molecule has 0 aromatic rings. The molecule has 0 aliphatic rings. The topological polar surface area (TPSA) is 81.1 Å². The molecule has 0 unspecified atom stereocenters. The zero-order chi connectivity index (χ0) is 8.85. The minimum absolute atomic E-state index is 0.192. The molecule has 0 rings (SSSR count). The summed E-state index contributed by atoms with van der Waals surface area (Å²) in [4.78, 5) is 10.8. The molecule has 5 N–H and O–H groups in total. The zero-order valence-electron chi connectivity index (χ0n) is 6.55. The van der Waals surface area contributed by atoms with Crippen molar-refractivity contribution in [1.29, 1.82) is 0 Å². The second-order valence-corrected chi connectivity index (χ2v) is 2.19. The summed E-state index contributed by atoms with van der Waals surface area (Å²) in [5.74, 6) is 0.00881. The Morgan fingerprint density at radius 1 is 1.64 bits per heavy atom. The molecule has 0 fully saturated rings. The van der Waals surface area contributed by atoms with Crippen LogP contribution in [0.15, 0.2) is 24.0 Å². The first kappa shape index (κ1) is 9.55. The summed E-state index contributed by atoms with van der Waals surface area (Å²) in [6, 6.07) is 0. The smallest absolute Gasteiger partial charge is 0.246 e. The highest BCUT2D eigenvalue weighted by molar-refractivity contribution is 5.92. The van der Waals surface area contributed by atoms with Gasteiger partial charge < -0.3 is 16.8 Å². The maximum absolute atomic E-state index is 10.8.